The Bertz CT molecular complexity index is 318. The molecule has 15 heavy (non-hydrogen) atoms. The van der Waals surface area contributed by atoms with Crippen molar-refractivity contribution in [2.75, 3.05) is 11.4 Å². The van der Waals surface area contributed by atoms with E-state index in [2.05, 4.69) is 22.9 Å². The fraction of sp³-hybridized carbons (Fsp3) is 0.583. The summed E-state index contributed by atoms with van der Waals surface area (Å²) in [5.74, 6) is 0. The average molecular weight is 205 g/mol. The lowest BCUT2D eigenvalue weighted by Gasteiger charge is -2.23. The van der Waals surface area contributed by atoms with Gasteiger partial charge in [-0.2, -0.15) is 0 Å². The zero-order valence-electron chi connectivity index (χ0n) is 9.48. The van der Waals surface area contributed by atoms with Crippen molar-refractivity contribution in [3.05, 3.63) is 24.0 Å². The van der Waals surface area contributed by atoms with Gasteiger partial charge < -0.3 is 10.6 Å². The van der Waals surface area contributed by atoms with Crippen LogP contribution in [0.2, 0.25) is 0 Å². The molecule has 3 heteroatoms. The van der Waals surface area contributed by atoms with Gasteiger partial charge in [0.15, 0.2) is 0 Å². The number of hydrogen-bond acceptors (Lipinski definition) is 3. The van der Waals surface area contributed by atoms with E-state index in [0.29, 0.717) is 6.04 Å². The minimum absolute atomic E-state index is 0.0232. The summed E-state index contributed by atoms with van der Waals surface area (Å²) in [6.07, 6.45) is 4.52. The molecule has 0 saturated carbocycles. The Morgan fingerprint density at radius 1 is 1.53 bits per heavy atom. The third-order valence-electron chi connectivity index (χ3n) is 3.12. The van der Waals surface area contributed by atoms with Gasteiger partial charge in [-0.1, -0.05) is 0 Å². The van der Waals surface area contributed by atoms with Gasteiger partial charge >= 0.3 is 0 Å². The highest BCUT2D eigenvalue weighted by Crippen LogP contribution is 2.24. The van der Waals surface area contributed by atoms with E-state index in [4.69, 9.17) is 5.73 Å². The molecule has 0 spiro atoms. The van der Waals surface area contributed by atoms with Crippen molar-refractivity contribution >= 4 is 5.69 Å². The smallest absolute Gasteiger partial charge is 0.0569 e. The summed E-state index contributed by atoms with van der Waals surface area (Å²) in [4.78, 5) is 6.81. The molecule has 1 aliphatic rings. The van der Waals surface area contributed by atoms with E-state index in [9.17, 15) is 0 Å². The fourth-order valence-electron chi connectivity index (χ4n) is 2.15. The second-order valence-corrected chi connectivity index (χ2v) is 4.41. The van der Waals surface area contributed by atoms with E-state index in [-0.39, 0.29) is 6.04 Å². The maximum absolute atomic E-state index is 5.77. The van der Waals surface area contributed by atoms with Crippen LogP contribution in [-0.4, -0.2) is 17.6 Å². The highest BCUT2D eigenvalue weighted by atomic mass is 15.2. The van der Waals surface area contributed by atoms with E-state index in [1.54, 1.807) is 0 Å². The van der Waals surface area contributed by atoms with Gasteiger partial charge in [0.05, 0.1) is 17.6 Å². The molecule has 0 aliphatic carbocycles. The zero-order chi connectivity index (χ0) is 10.8. The van der Waals surface area contributed by atoms with Crippen molar-refractivity contribution in [1.29, 1.82) is 0 Å². The number of nitrogens with two attached hydrogens (primary N) is 1. The van der Waals surface area contributed by atoms with Crippen LogP contribution in [-0.2, 0) is 0 Å². The topological polar surface area (TPSA) is 42.1 Å². The van der Waals surface area contributed by atoms with Crippen molar-refractivity contribution in [3.8, 4) is 0 Å². The van der Waals surface area contributed by atoms with Gasteiger partial charge in [-0.05, 0) is 38.8 Å². The standard InChI is InChI=1S/C12H19N3/c1-9-4-3-7-15(9)11-5-6-12(10(2)13)14-8-11/h5-6,8-10H,3-4,7,13H2,1-2H3/t9?,10-/m1/s1. The molecule has 82 valence electrons. The van der Waals surface area contributed by atoms with Crippen LogP contribution in [0.15, 0.2) is 18.3 Å². The first-order valence-electron chi connectivity index (χ1n) is 5.66. The summed E-state index contributed by atoms with van der Waals surface area (Å²) in [7, 11) is 0. The van der Waals surface area contributed by atoms with Gasteiger partial charge in [0.2, 0.25) is 0 Å². The van der Waals surface area contributed by atoms with Crippen LogP contribution in [0.3, 0.4) is 0 Å². The molecule has 1 unspecified atom stereocenters. The Morgan fingerprint density at radius 3 is 2.80 bits per heavy atom. The molecule has 2 atom stereocenters. The molecule has 3 nitrogen and oxygen atoms in total. The molecule has 0 amide bonds. The number of anilines is 1. The van der Waals surface area contributed by atoms with Crippen molar-refractivity contribution in [3.63, 3.8) is 0 Å². The lowest BCUT2D eigenvalue weighted by atomic mass is 10.2. The zero-order valence-corrected chi connectivity index (χ0v) is 9.48. The van der Waals surface area contributed by atoms with E-state index in [1.165, 1.54) is 18.5 Å². The van der Waals surface area contributed by atoms with Gasteiger partial charge in [0, 0.05) is 18.6 Å². The first kappa shape index (κ1) is 10.4. The van der Waals surface area contributed by atoms with Crippen LogP contribution in [0.25, 0.3) is 0 Å². The molecule has 1 saturated heterocycles. The average Bonchev–Trinajstić information content (AvgIpc) is 2.65. The van der Waals surface area contributed by atoms with E-state index >= 15 is 0 Å². The molecule has 0 aromatic carbocycles. The number of hydrogen-bond donors (Lipinski definition) is 1. The number of rotatable bonds is 2. The summed E-state index contributed by atoms with van der Waals surface area (Å²) in [5, 5.41) is 0. The van der Waals surface area contributed by atoms with E-state index < -0.39 is 0 Å². The van der Waals surface area contributed by atoms with Crippen LogP contribution >= 0.6 is 0 Å². The monoisotopic (exact) mass is 205 g/mol. The first-order valence-corrected chi connectivity index (χ1v) is 5.66. The predicted molar refractivity (Wildman–Crippen MR) is 62.9 cm³/mol. The highest BCUT2D eigenvalue weighted by Gasteiger charge is 2.20. The van der Waals surface area contributed by atoms with Crippen LogP contribution < -0.4 is 10.6 Å². The van der Waals surface area contributed by atoms with Gasteiger partial charge in [-0.15, -0.1) is 0 Å². The van der Waals surface area contributed by atoms with Crippen molar-refractivity contribution in [2.45, 2.75) is 38.8 Å². The van der Waals surface area contributed by atoms with Crippen LogP contribution in [0.5, 0.6) is 0 Å². The van der Waals surface area contributed by atoms with Gasteiger partial charge in [-0.3, -0.25) is 4.98 Å². The molecule has 1 fully saturated rings. The minimum Gasteiger partial charge on any atom is -0.368 e. The Kier molecular flexibility index (Phi) is 2.91. The Labute approximate surface area is 91.3 Å². The van der Waals surface area contributed by atoms with Gasteiger partial charge in [0.1, 0.15) is 0 Å². The quantitative estimate of drug-likeness (QED) is 0.804. The lowest BCUT2D eigenvalue weighted by molar-refractivity contribution is 0.730. The number of aromatic nitrogens is 1. The molecule has 1 aromatic rings. The Hall–Kier alpha value is -1.09. The number of pyridine rings is 1. The van der Waals surface area contributed by atoms with Gasteiger partial charge in [-0.25, -0.2) is 0 Å². The van der Waals surface area contributed by atoms with E-state index in [0.717, 1.165) is 12.2 Å². The fourth-order valence-corrected chi connectivity index (χ4v) is 2.15. The summed E-state index contributed by atoms with van der Waals surface area (Å²) in [6, 6.07) is 4.83. The summed E-state index contributed by atoms with van der Waals surface area (Å²) < 4.78 is 0. The molecule has 2 N–H and O–H groups in total. The minimum atomic E-state index is 0.0232. The first-order chi connectivity index (χ1) is 7.18. The Morgan fingerprint density at radius 2 is 2.33 bits per heavy atom. The molecule has 2 heterocycles. The molecule has 0 bridgehead atoms. The lowest BCUT2D eigenvalue weighted by Crippen LogP contribution is -2.26. The molecule has 1 aliphatic heterocycles. The van der Waals surface area contributed by atoms with Crippen molar-refractivity contribution < 1.29 is 0 Å². The van der Waals surface area contributed by atoms with Crippen LogP contribution in [0, 0.1) is 0 Å². The summed E-state index contributed by atoms with van der Waals surface area (Å²) in [5.41, 5.74) is 7.96. The highest BCUT2D eigenvalue weighted by molar-refractivity contribution is 5.46. The van der Waals surface area contributed by atoms with Gasteiger partial charge in [0.25, 0.3) is 0 Å². The molecule has 0 radical (unpaired) electrons. The largest absolute Gasteiger partial charge is 0.368 e. The third kappa shape index (κ3) is 2.12. The summed E-state index contributed by atoms with van der Waals surface area (Å²) in [6.45, 7) is 5.38. The van der Waals surface area contributed by atoms with Crippen LogP contribution in [0.4, 0.5) is 5.69 Å². The molecule has 1 aromatic heterocycles. The van der Waals surface area contributed by atoms with Crippen LogP contribution in [0.1, 0.15) is 38.4 Å². The second kappa shape index (κ2) is 4.19. The Balaban J connectivity index is 2.16. The normalized spacial score (nSPS) is 23.1. The predicted octanol–water partition coefficient (Wildman–Crippen LogP) is 2.09. The maximum Gasteiger partial charge on any atom is 0.0569 e. The van der Waals surface area contributed by atoms with E-state index in [1.807, 2.05) is 19.2 Å². The molecular weight excluding hydrogens is 186 g/mol. The second-order valence-electron chi connectivity index (χ2n) is 4.41. The molecular formula is C12H19N3. The SMILES string of the molecule is CC1CCCN1c1ccc([C@@H](C)N)nc1. The van der Waals surface area contributed by atoms with Crippen molar-refractivity contribution in [1.82, 2.24) is 4.98 Å². The summed E-state index contributed by atoms with van der Waals surface area (Å²) >= 11 is 0. The maximum atomic E-state index is 5.77. The van der Waals surface area contributed by atoms with Crippen molar-refractivity contribution in [2.24, 2.45) is 5.73 Å². The third-order valence-corrected chi connectivity index (χ3v) is 3.12. The number of nitrogens with zero attached hydrogens (tertiary/aromatic N) is 2. The molecule has 2 rings (SSSR count).